The number of nitrogens with zero attached hydrogens (tertiary/aromatic N) is 3. The molecule has 1 aliphatic heterocycles. The number of aromatic nitrogens is 1. The molecule has 1 amide bonds. The minimum absolute atomic E-state index is 0.100. The lowest BCUT2D eigenvalue weighted by Gasteiger charge is -2.17. The number of hydrogen-bond donors (Lipinski definition) is 0. The number of thiazole rings is 1. The first-order chi connectivity index (χ1) is 14.5. The van der Waals surface area contributed by atoms with Crippen LogP contribution in [-0.4, -0.2) is 41.7 Å². The van der Waals surface area contributed by atoms with Crippen LogP contribution in [0.25, 0.3) is 10.2 Å². The molecule has 11 heteroatoms. The van der Waals surface area contributed by atoms with Gasteiger partial charge in [-0.05, 0) is 19.1 Å². The van der Waals surface area contributed by atoms with Gasteiger partial charge < -0.3 is 14.2 Å². The summed E-state index contributed by atoms with van der Waals surface area (Å²) < 4.78 is 16.2. The third kappa shape index (κ3) is 3.62. The van der Waals surface area contributed by atoms with Gasteiger partial charge in [-0.25, -0.2) is 9.78 Å². The molecular weight excluding hydrogens is 414 g/mol. The van der Waals surface area contributed by atoms with E-state index in [0.717, 1.165) is 16.3 Å². The number of rotatable bonds is 6. The average Bonchev–Trinajstić information content (AvgIpc) is 3.37. The summed E-state index contributed by atoms with van der Waals surface area (Å²) in [5.74, 6) is -1.13. The Morgan fingerprint density at radius 1 is 1.27 bits per heavy atom. The Balaban J connectivity index is 1.50. The van der Waals surface area contributed by atoms with Gasteiger partial charge in [0.2, 0.25) is 6.79 Å². The van der Waals surface area contributed by atoms with Crippen LogP contribution in [0.5, 0.6) is 11.5 Å². The van der Waals surface area contributed by atoms with Crippen LogP contribution in [0.1, 0.15) is 17.3 Å². The van der Waals surface area contributed by atoms with Gasteiger partial charge in [-0.15, -0.1) is 0 Å². The van der Waals surface area contributed by atoms with Gasteiger partial charge in [-0.2, -0.15) is 0 Å². The van der Waals surface area contributed by atoms with Gasteiger partial charge in [-0.3, -0.25) is 19.8 Å². The molecule has 154 valence electrons. The second-order valence-corrected chi connectivity index (χ2v) is 7.17. The zero-order valence-corrected chi connectivity index (χ0v) is 16.5. The molecule has 0 spiro atoms. The van der Waals surface area contributed by atoms with Crippen LogP contribution in [0, 0.1) is 10.1 Å². The summed E-state index contributed by atoms with van der Waals surface area (Å²) in [6.07, 6.45) is 0. The highest BCUT2D eigenvalue weighted by Crippen LogP contribution is 2.38. The van der Waals surface area contributed by atoms with Gasteiger partial charge >= 0.3 is 5.97 Å². The first kappa shape index (κ1) is 19.6. The lowest BCUT2D eigenvalue weighted by atomic mass is 10.1. The quantitative estimate of drug-likeness (QED) is 0.333. The minimum atomic E-state index is -1.01. The van der Waals surface area contributed by atoms with E-state index >= 15 is 0 Å². The molecule has 0 saturated carbocycles. The predicted octanol–water partition coefficient (Wildman–Crippen LogP) is 3.14. The zero-order chi connectivity index (χ0) is 21.3. The number of nitro benzene ring substituents is 1. The molecule has 0 aliphatic carbocycles. The van der Waals surface area contributed by atoms with Crippen LogP contribution in [0.15, 0.2) is 36.4 Å². The van der Waals surface area contributed by atoms with Crippen molar-refractivity contribution >= 4 is 44.2 Å². The van der Waals surface area contributed by atoms with Crippen molar-refractivity contribution in [1.82, 2.24) is 4.98 Å². The molecule has 0 atom stereocenters. The molecule has 2 heterocycles. The largest absolute Gasteiger partial charge is 0.454 e. The number of hydrogen-bond acceptors (Lipinski definition) is 9. The molecule has 0 unspecified atom stereocenters. The van der Waals surface area contributed by atoms with Crippen molar-refractivity contribution < 1.29 is 28.7 Å². The summed E-state index contributed by atoms with van der Waals surface area (Å²) in [4.78, 5) is 41.5. The molecule has 10 nitrogen and oxygen atoms in total. The fourth-order valence-corrected chi connectivity index (χ4v) is 3.97. The standard InChI is InChI=1S/C19H15N3O7S/c1-2-21(19-20-12-5-3-4-6-16(12)30-19)17(23)9-27-18(24)11-7-14-15(29-10-28-14)8-13(11)22(25)26/h3-8H,2,9-10H2,1H3. The fourth-order valence-electron chi connectivity index (χ4n) is 2.92. The molecular formula is C19H15N3O7S. The highest BCUT2D eigenvalue weighted by atomic mass is 32.1. The second-order valence-electron chi connectivity index (χ2n) is 6.16. The lowest BCUT2D eigenvalue weighted by Crippen LogP contribution is -2.34. The van der Waals surface area contributed by atoms with Crippen molar-refractivity contribution in [2.75, 3.05) is 24.8 Å². The first-order valence-electron chi connectivity index (χ1n) is 8.89. The molecule has 1 aliphatic rings. The van der Waals surface area contributed by atoms with Crippen molar-refractivity contribution in [3.05, 3.63) is 52.1 Å². The van der Waals surface area contributed by atoms with Crippen LogP contribution in [0.4, 0.5) is 10.8 Å². The monoisotopic (exact) mass is 429 g/mol. The summed E-state index contributed by atoms with van der Waals surface area (Å²) >= 11 is 1.34. The molecule has 0 N–H and O–H groups in total. The van der Waals surface area contributed by atoms with Crippen LogP contribution in [0.3, 0.4) is 0 Å². The van der Waals surface area contributed by atoms with Crippen molar-refractivity contribution in [3.8, 4) is 11.5 Å². The van der Waals surface area contributed by atoms with E-state index in [4.69, 9.17) is 14.2 Å². The third-order valence-electron chi connectivity index (χ3n) is 4.37. The molecule has 30 heavy (non-hydrogen) atoms. The van der Waals surface area contributed by atoms with Crippen molar-refractivity contribution in [2.45, 2.75) is 6.92 Å². The maximum absolute atomic E-state index is 12.6. The summed E-state index contributed by atoms with van der Waals surface area (Å²) in [5, 5.41) is 11.8. The van der Waals surface area contributed by atoms with Gasteiger partial charge in [-0.1, -0.05) is 23.5 Å². The Morgan fingerprint density at radius 2 is 2.00 bits per heavy atom. The zero-order valence-electron chi connectivity index (χ0n) is 15.7. The number of amides is 1. The maximum Gasteiger partial charge on any atom is 0.345 e. The summed E-state index contributed by atoms with van der Waals surface area (Å²) in [5.41, 5.74) is -0.0490. The number of ether oxygens (including phenoxy) is 3. The first-order valence-corrected chi connectivity index (χ1v) is 9.70. The van der Waals surface area contributed by atoms with Crippen LogP contribution >= 0.6 is 11.3 Å². The van der Waals surface area contributed by atoms with E-state index in [1.165, 1.54) is 22.3 Å². The number of fused-ring (bicyclic) bond motifs is 2. The molecule has 3 aromatic rings. The number of likely N-dealkylation sites (N-methyl/N-ethyl adjacent to an activating group) is 1. The van der Waals surface area contributed by atoms with Crippen LogP contribution < -0.4 is 14.4 Å². The minimum Gasteiger partial charge on any atom is -0.454 e. The molecule has 0 radical (unpaired) electrons. The third-order valence-corrected chi connectivity index (χ3v) is 5.42. The van der Waals surface area contributed by atoms with Crippen LogP contribution in [0.2, 0.25) is 0 Å². The van der Waals surface area contributed by atoms with Gasteiger partial charge in [0.1, 0.15) is 5.56 Å². The van der Waals surface area contributed by atoms with E-state index < -0.39 is 29.1 Å². The molecule has 4 rings (SSSR count). The Hall–Kier alpha value is -3.73. The van der Waals surface area contributed by atoms with E-state index in [1.807, 2.05) is 24.3 Å². The summed E-state index contributed by atoms with van der Waals surface area (Å²) in [6.45, 7) is 1.40. The van der Waals surface area contributed by atoms with E-state index in [2.05, 4.69) is 4.98 Å². The fraction of sp³-hybridized carbons (Fsp3) is 0.211. The van der Waals surface area contributed by atoms with Crippen molar-refractivity contribution in [3.63, 3.8) is 0 Å². The molecule has 0 saturated heterocycles. The number of carbonyl (C=O) groups excluding carboxylic acids is 2. The van der Waals surface area contributed by atoms with E-state index in [9.17, 15) is 19.7 Å². The number of carbonyl (C=O) groups is 2. The van der Waals surface area contributed by atoms with Crippen molar-refractivity contribution in [2.24, 2.45) is 0 Å². The predicted molar refractivity (Wildman–Crippen MR) is 107 cm³/mol. The Bertz CT molecular complexity index is 1130. The van der Waals surface area contributed by atoms with Gasteiger partial charge in [0.05, 0.1) is 21.2 Å². The Labute approximate surface area is 173 Å². The topological polar surface area (TPSA) is 121 Å². The van der Waals surface area contributed by atoms with E-state index in [1.54, 1.807) is 6.92 Å². The number of para-hydroxylation sites is 1. The summed E-state index contributed by atoms with van der Waals surface area (Å²) in [6, 6.07) is 9.74. The lowest BCUT2D eigenvalue weighted by molar-refractivity contribution is -0.385. The van der Waals surface area contributed by atoms with Gasteiger partial charge in [0.25, 0.3) is 11.6 Å². The molecule has 0 fully saturated rings. The summed E-state index contributed by atoms with van der Waals surface area (Å²) in [7, 11) is 0. The number of benzene rings is 2. The number of nitro groups is 1. The maximum atomic E-state index is 12.6. The Morgan fingerprint density at radius 3 is 2.70 bits per heavy atom. The van der Waals surface area contributed by atoms with Gasteiger partial charge in [0.15, 0.2) is 23.2 Å². The highest BCUT2D eigenvalue weighted by Gasteiger charge is 2.29. The number of anilines is 1. The molecule has 1 aromatic heterocycles. The average molecular weight is 429 g/mol. The smallest absolute Gasteiger partial charge is 0.345 e. The van der Waals surface area contributed by atoms with Crippen molar-refractivity contribution in [1.29, 1.82) is 0 Å². The second kappa shape index (κ2) is 7.95. The number of esters is 1. The molecule has 2 aromatic carbocycles. The van der Waals surface area contributed by atoms with E-state index in [-0.39, 0.29) is 23.9 Å². The molecule has 0 bridgehead atoms. The SMILES string of the molecule is CCN(C(=O)COC(=O)c1cc2c(cc1[N+](=O)[O-])OCO2)c1nc2ccccc2s1. The Kier molecular flexibility index (Phi) is 5.19. The highest BCUT2D eigenvalue weighted by molar-refractivity contribution is 7.22. The van der Waals surface area contributed by atoms with E-state index in [0.29, 0.717) is 11.7 Å². The van der Waals surface area contributed by atoms with Crippen LogP contribution in [-0.2, 0) is 9.53 Å². The normalized spacial score (nSPS) is 12.0. The van der Waals surface area contributed by atoms with Gasteiger partial charge in [0, 0.05) is 12.6 Å².